The molecule has 0 unspecified atom stereocenters. The van der Waals surface area contributed by atoms with Crippen molar-refractivity contribution in [1.82, 2.24) is 19.6 Å². The highest BCUT2D eigenvalue weighted by atomic mass is 32.1. The first kappa shape index (κ1) is 18.2. The number of fused-ring (bicyclic) bond motifs is 1. The van der Waals surface area contributed by atoms with E-state index >= 15 is 0 Å². The van der Waals surface area contributed by atoms with Crippen LogP contribution in [0.4, 0.5) is 5.82 Å². The minimum absolute atomic E-state index is 0.209. The summed E-state index contributed by atoms with van der Waals surface area (Å²) in [5, 5.41) is 31.0. The lowest BCUT2D eigenvalue weighted by Crippen LogP contribution is -2.35. The van der Waals surface area contributed by atoms with Gasteiger partial charge in [0.25, 0.3) is 0 Å². The predicted molar refractivity (Wildman–Crippen MR) is 112 cm³/mol. The highest BCUT2D eigenvalue weighted by Crippen LogP contribution is 2.31. The monoisotopic (exact) mass is 406 g/mol. The lowest BCUT2D eigenvalue weighted by molar-refractivity contribution is 0.0256. The molecule has 5 rings (SSSR count). The van der Waals surface area contributed by atoms with Crippen LogP contribution in [0.1, 0.15) is 6.42 Å². The van der Waals surface area contributed by atoms with Gasteiger partial charge in [0.1, 0.15) is 22.6 Å². The van der Waals surface area contributed by atoms with E-state index in [2.05, 4.69) is 22.3 Å². The molecule has 0 bridgehead atoms. The lowest BCUT2D eigenvalue weighted by atomic mass is 10.1. The van der Waals surface area contributed by atoms with Crippen LogP contribution < -0.4 is 5.32 Å². The number of aliphatic hydroxyl groups excluding tert-OH is 2. The molecule has 3 aromatic heterocycles. The van der Waals surface area contributed by atoms with Gasteiger partial charge in [-0.3, -0.25) is 0 Å². The second kappa shape index (κ2) is 7.22. The number of rotatable bonds is 4. The maximum absolute atomic E-state index is 10.2. The second-order valence-electron chi connectivity index (χ2n) is 7.26. The summed E-state index contributed by atoms with van der Waals surface area (Å²) in [4.78, 5) is 9.11. The average molecular weight is 406 g/mol. The first-order valence-electron chi connectivity index (χ1n) is 9.42. The molecule has 1 aromatic carbocycles. The molecule has 7 nitrogen and oxygen atoms in total. The Morgan fingerprint density at radius 3 is 2.69 bits per heavy atom. The normalized spacial score (nSPS) is 24.2. The first-order valence-corrected chi connectivity index (χ1v) is 10.3. The maximum Gasteiger partial charge on any atom is 0.157 e. The van der Waals surface area contributed by atoms with Crippen molar-refractivity contribution in [2.75, 3.05) is 5.32 Å². The van der Waals surface area contributed by atoms with Gasteiger partial charge < -0.3 is 15.5 Å². The smallest absolute Gasteiger partial charge is 0.157 e. The number of aliphatic hydroxyl groups is 2. The van der Waals surface area contributed by atoms with Crippen molar-refractivity contribution in [2.45, 2.75) is 24.7 Å². The zero-order chi connectivity index (χ0) is 20.0. The van der Waals surface area contributed by atoms with Gasteiger partial charge in [0.15, 0.2) is 5.65 Å². The third kappa shape index (κ3) is 3.29. The molecule has 4 aromatic rings. The number of aromatic nitrogens is 4. The molecule has 1 fully saturated rings. The number of benzene rings is 1. The Morgan fingerprint density at radius 2 is 1.93 bits per heavy atom. The second-order valence-corrected chi connectivity index (χ2v) is 8.12. The van der Waals surface area contributed by atoms with Gasteiger partial charge in [0.05, 0.1) is 17.8 Å². The molecular weight excluding hydrogens is 386 g/mol. The van der Waals surface area contributed by atoms with Crippen LogP contribution in [0, 0.1) is 12.8 Å². The van der Waals surface area contributed by atoms with Crippen molar-refractivity contribution in [2.24, 2.45) is 5.92 Å². The van der Waals surface area contributed by atoms with Crippen LogP contribution in [-0.2, 0) is 0 Å². The third-order valence-electron chi connectivity index (χ3n) is 5.29. The number of nitrogens with one attached hydrogen (secondary N) is 1. The highest BCUT2D eigenvalue weighted by molar-refractivity contribution is 7.13. The quantitative estimate of drug-likeness (QED) is 0.482. The molecule has 0 spiro atoms. The van der Waals surface area contributed by atoms with Gasteiger partial charge in [-0.1, -0.05) is 30.3 Å². The van der Waals surface area contributed by atoms with Gasteiger partial charge >= 0.3 is 0 Å². The largest absolute Gasteiger partial charge is 0.390 e. The van der Waals surface area contributed by atoms with Gasteiger partial charge in [0, 0.05) is 23.2 Å². The molecule has 1 aliphatic carbocycles. The van der Waals surface area contributed by atoms with Gasteiger partial charge in [-0.15, -0.1) is 11.3 Å². The molecule has 1 aliphatic rings. The Bertz CT molecular complexity index is 1140. The Morgan fingerprint density at radius 1 is 1.10 bits per heavy atom. The summed E-state index contributed by atoms with van der Waals surface area (Å²) in [6, 6.07) is 13.4. The molecule has 29 heavy (non-hydrogen) atoms. The minimum atomic E-state index is -0.872. The maximum atomic E-state index is 10.2. The number of anilines is 1. The van der Waals surface area contributed by atoms with Gasteiger partial charge in [-0.05, 0) is 25.3 Å². The number of thiazole rings is 1. The van der Waals surface area contributed by atoms with Crippen molar-refractivity contribution in [1.29, 1.82) is 0 Å². The molecule has 1 radical (unpaired) electrons. The fourth-order valence-electron chi connectivity index (χ4n) is 3.70. The summed E-state index contributed by atoms with van der Waals surface area (Å²) in [6.07, 6.45) is 0.570. The molecule has 147 valence electrons. The highest BCUT2D eigenvalue weighted by Gasteiger charge is 2.39. The number of nitrogens with zero attached hydrogens (tertiary/aromatic N) is 4. The van der Waals surface area contributed by atoms with E-state index in [4.69, 9.17) is 4.98 Å². The van der Waals surface area contributed by atoms with Crippen molar-refractivity contribution in [3.05, 3.63) is 61.0 Å². The number of hydrogen-bond donors (Lipinski definition) is 3. The molecule has 0 aliphatic heterocycles. The minimum Gasteiger partial charge on any atom is -0.390 e. The fourth-order valence-corrected chi connectivity index (χ4v) is 4.48. The van der Waals surface area contributed by atoms with E-state index in [9.17, 15) is 10.2 Å². The van der Waals surface area contributed by atoms with Crippen LogP contribution in [0.25, 0.3) is 27.6 Å². The summed E-state index contributed by atoms with van der Waals surface area (Å²) in [5.41, 5.74) is 3.40. The van der Waals surface area contributed by atoms with Gasteiger partial charge in [-0.25, -0.2) is 9.97 Å². The molecule has 3 N–H and O–H groups in total. The standard InChI is InChI=1S/C21H20N5O2S/c1-12-9-14(20(28)19(12)27)23-17-7-8-22-18-10-15(25-26(17)18)21-24-16(11-29-21)13-5-3-2-4-6-13/h2-8,10-12,14,19-20,23,27-28H,1,9H2/t12-,14-,19-,20+/m1/s1. The summed E-state index contributed by atoms with van der Waals surface area (Å²) < 4.78 is 1.70. The topological polar surface area (TPSA) is 95.6 Å². The van der Waals surface area contributed by atoms with Crippen LogP contribution in [0.2, 0.25) is 0 Å². The van der Waals surface area contributed by atoms with Crippen molar-refractivity contribution >= 4 is 22.8 Å². The van der Waals surface area contributed by atoms with E-state index in [0.29, 0.717) is 17.9 Å². The molecule has 3 heterocycles. The van der Waals surface area contributed by atoms with Crippen molar-refractivity contribution < 1.29 is 10.2 Å². The Hall–Kier alpha value is -2.81. The summed E-state index contributed by atoms with van der Waals surface area (Å²) >= 11 is 1.54. The number of hydrogen-bond acceptors (Lipinski definition) is 7. The van der Waals surface area contributed by atoms with Crippen LogP contribution in [0.5, 0.6) is 0 Å². The zero-order valence-electron chi connectivity index (χ0n) is 15.5. The zero-order valence-corrected chi connectivity index (χ0v) is 16.3. The molecular formula is C21H20N5O2S. The molecule has 4 atom stereocenters. The van der Waals surface area contributed by atoms with Crippen LogP contribution in [0.3, 0.4) is 0 Å². The Kier molecular flexibility index (Phi) is 4.54. The van der Waals surface area contributed by atoms with Crippen LogP contribution in [-0.4, -0.2) is 48.0 Å². The SMILES string of the molecule is [CH2][C@@H]1C[C@@H](Nc2ccnc3cc(-c4nc(-c5ccccc5)cs4)nn23)[C@H](O)[C@@H]1O. The van der Waals surface area contributed by atoms with Crippen LogP contribution in [0.15, 0.2) is 54.0 Å². The van der Waals surface area contributed by atoms with Gasteiger partial charge in [0.2, 0.25) is 0 Å². The van der Waals surface area contributed by atoms with E-state index in [1.807, 2.05) is 41.8 Å². The van der Waals surface area contributed by atoms with Gasteiger partial charge in [-0.2, -0.15) is 9.61 Å². The summed E-state index contributed by atoms with van der Waals surface area (Å²) in [6.45, 7) is 3.90. The van der Waals surface area contributed by atoms with E-state index in [1.165, 1.54) is 11.3 Å². The predicted octanol–water partition coefficient (Wildman–Crippen LogP) is 2.88. The average Bonchev–Trinajstić information content (AvgIpc) is 3.44. The molecule has 0 saturated heterocycles. The lowest BCUT2D eigenvalue weighted by Gasteiger charge is -2.19. The molecule has 8 heteroatoms. The van der Waals surface area contributed by atoms with E-state index < -0.39 is 12.2 Å². The van der Waals surface area contributed by atoms with Crippen molar-refractivity contribution in [3.8, 4) is 22.0 Å². The van der Waals surface area contributed by atoms with E-state index in [0.717, 1.165) is 22.0 Å². The van der Waals surface area contributed by atoms with E-state index in [1.54, 1.807) is 16.8 Å². The van der Waals surface area contributed by atoms with Crippen molar-refractivity contribution in [3.63, 3.8) is 0 Å². The molecule has 1 saturated carbocycles. The Labute approximate surface area is 171 Å². The summed E-state index contributed by atoms with van der Waals surface area (Å²) in [5.74, 6) is 0.492. The Balaban J connectivity index is 1.46. The first-order chi connectivity index (χ1) is 14.1. The summed E-state index contributed by atoms with van der Waals surface area (Å²) in [7, 11) is 0. The van der Waals surface area contributed by atoms with Crippen LogP contribution >= 0.6 is 11.3 Å². The molecule has 0 amide bonds. The third-order valence-corrected chi connectivity index (χ3v) is 6.15. The van der Waals surface area contributed by atoms with E-state index in [-0.39, 0.29) is 12.0 Å². The fraction of sp³-hybridized carbons (Fsp3) is 0.238.